The molecule has 0 N–H and O–H groups in total. The number of fused-ring (bicyclic) bond motifs is 1. The van der Waals surface area contributed by atoms with Crippen molar-refractivity contribution in [2.45, 2.75) is 5.16 Å². The minimum absolute atomic E-state index is 0.682. The Kier molecular flexibility index (Phi) is 3.85. The van der Waals surface area contributed by atoms with Crippen LogP contribution < -0.4 is 0 Å². The van der Waals surface area contributed by atoms with Gasteiger partial charge in [-0.2, -0.15) is 9.78 Å². The summed E-state index contributed by atoms with van der Waals surface area (Å²) in [6.45, 7) is 0. The monoisotopic (exact) mass is 360 g/mol. The van der Waals surface area contributed by atoms with Crippen molar-refractivity contribution in [1.82, 2.24) is 14.9 Å². The van der Waals surface area contributed by atoms with E-state index >= 15 is 0 Å². The molecule has 0 spiro atoms. The summed E-state index contributed by atoms with van der Waals surface area (Å²) in [5.74, 6) is 1.40. The van der Waals surface area contributed by atoms with Gasteiger partial charge in [0, 0.05) is 26.9 Å². The second-order valence-corrected chi connectivity index (χ2v) is 6.73. The predicted molar refractivity (Wildman–Crippen MR) is 94.6 cm³/mol. The number of hydrogen-bond acceptors (Lipinski definition) is 4. The second-order valence-electron chi connectivity index (χ2n) is 4.94. The van der Waals surface area contributed by atoms with Crippen LogP contribution in [0.25, 0.3) is 11.4 Å². The van der Waals surface area contributed by atoms with Crippen LogP contribution in [0.15, 0.2) is 58.8 Å². The predicted octanol–water partition coefficient (Wildman–Crippen LogP) is 4.61. The van der Waals surface area contributed by atoms with E-state index in [1.54, 1.807) is 16.4 Å². The van der Waals surface area contributed by atoms with Crippen LogP contribution in [0.2, 0.25) is 10.0 Å². The highest BCUT2D eigenvalue weighted by molar-refractivity contribution is 7.99. The summed E-state index contributed by atoms with van der Waals surface area (Å²) in [7, 11) is 0. The molecule has 1 aliphatic rings. The molecule has 23 heavy (non-hydrogen) atoms. The number of hydrogen-bond donors (Lipinski definition) is 0. The normalized spacial score (nSPS) is 13.6. The van der Waals surface area contributed by atoms with E-state index in [2.05, 4.69) is 10.2 Å². The fourth-order valence-electron chi connectivity index (χ4n) is 2.33. The zero-order chi connectivity index (χ0) is 15.8. The van der Waals surface area contributed by atoms with Crippen molar-refractivity contribution in [3.05, 3.63) is 64.1 Å². The lowest BCUT2D eigenvalue weighted by molar-refractivity contribution is 0.762. The molecule has 2 heterocycles. The first-order chi connectivity index (χ1) is 11.2. The Labute approximate surface area is 147 Å². The number of rotatable bonds is 2. The molecule has 4 nitrogen and oxygen atoms in total. The second kappa shape index (κ2) is 6.00. The summed E-state index contributed by atoms with van der Waals surface area (Å²) >= 11 is 13.8. The highest BCUT2D eigenvalue weighted by Gasteiger charge is 2.21. The Morgan fingerprint density at radius 3 is 2.52 bits per heavy atom. The molecule has 0 unspecified atom stereocenters. The van der Waals surface area contributed by atoms with Crippen LogP contribution in [0.3, 0.4) is 0 Å². The first-order valence-electron chi connectivity index (χ1n) is 6.89. The smallest absolute Gasteiger partial charge is 0.187 e. The van der Waals surface area contributed by atoms with E-state index in [0.717, 1.165) is 22.0 Å². The van der Waals surface area contributed by atoms with Crippen LogP contribution in [-0.4, -0.2) is 26.3 Å². The van der Waals surface area contributed by atoms with E-state index in [-0.39, 0.29) is 0 Å². The van der Waals surface area contributed by atoms with E-state index in [1.807, 2.05) is 48.5 Å². The Hall–Kier alpha value is -1.82. The van der Waals surface area contributed by atoms with Gasteiger partial charge in [0.15, 0.2) is 5.82 Å². The van der Waals surface area contributed by atoms with Gasteiger partial charge in [0.1, 0.15) is 0 Å². The van der Waals surface area contributed by atoms with Crippen LogP contribution in [0.1, 0.15) is 5.56 Å². The van der Waals surface area contributed by atoms with Crippen LogP contribution in [-0.2, 0) is 0 Å². The van der Waals surface area contributed by atoms with Crippen LogP contribution in [0, 0.1) is 0 Å². The lowest BCUT2D eigenvalue weighted by Gasteiger charge is -2.14. The number of aromatic nitrogens is 3. The lowest BCUT2D eigenvalue weighted by Crippen LogP contribution is -2.14. The standard InChI is InChI=1S/C16H10Cl2N4S/c17-11-7-5-10(6-8-11)15-19-20-16-22(15)21-14(9-23-16)12-3-1-2-4-13(12)18/h1-8H,9H2. The number of thioether (sulfide) groups is 1. The lowest BCUT2D eigenvalue weighted by atomic mass is 10.1. The summed E-state index contributed by atoms with van der Waals surface area (Å²) in [5, 5.41) is 15.3. The molecule has 0 fully saturated rings. The van der Waals surface area contributed by atoms with E-state index in [9.17, 15) is 0 Å². The quantitative estimate of drug-likeness (QED) is 0.670. The van der Waals surface area contributed by atoms with Gasteiger partial charge < -0.3 is 0 Å². The van der Waals surface area contributed by atoms with Crippen LogP contribution >= 0.6 is 35.0 Å². The molecular weight excluding hydrogens is 351 g/mol. The number of halogens is 2. The molecule has 0 saturated carbocycles. The summed E-state index contributed by atoms with van der Waals surface area (Å²) in [6.07, 6.45) is 0. The maximum absolute atomic E-state index is 6.29. The maximum atomic E-state index is 6.29. The Balaban J connectivity index is 1.81. The number of nitrogens with zero attached hydrogens (tertiary/aromatic N) is 4. The third-order valence-electron chi connectivity index (χ3n) is 3.46. The molecule has 0 bridgehead atoms. The zero-order valence-corrected chi connectivity index (χ0v) is 14.1. The van der Waals surface area contributed by atoms with Gasteiger partial charge in [-0.25, -0.2) is 0 Å². The maximum Gasteiger partial charge on any atom is 0.212 e. The molecule has 1 aromatic heterocycles. The van der Waals surface area contributed by atoms with Crippen molar-refractivity contribution in [2.24, 2.45) is 5.10 Å². The summed E-state index contributed by atoms with van der Waals surface area (Å²) < 4.78 is 1.76. The first kappa shape index (κ1) is 14.8. The Morgan fingerprint density at radius 2 is 1.74 bits per heavy atom. The molecule has 7 heteroatoms. The molecule has 0 saturated heterocycles. The van der Waals surface area contributed by atoms with E-state index in [4.69, 9.17) is 28.3 Å². The molecular formula is C16H10Cl2N4S. The average molecular weight is 361 g/mol. The van der Waals surface area contributed by atoms with Gasteiger partial charge in [-0.3, -0.25) is 0 Å². The van der Waals surface area contributed by atoms with Crippen molar-refractivity contribution < 1.29 is 0 Å². The average Bonchev–Trinajstić information content (AvgIpc) is 2.99. The van der Waals surface area contributed by atoms with Gasteiger partial charge in [0.25, 0.3) is 0 Å². The van der Waals surface area contributed by atoms with Crippen molar-refractivity contribution >= 4 is 40.7 Å². The van der Waals surface area contributed by atoms with Crippen molar-refractivity contribution in [2.75, 3.05) is 5.75 Å². The van der Waals surface area contributed by atoms with Crippen LogP contribution in [0.5, 0.6) is 0 Å². The molecule has 0 amide bonds. The van der Waals surface area contributed by atoms with E-state index in [0.29, 0.717) is 21.6 Å². The molecule has 1 aliphatic heterocycles. The molecule has 0 radical (unpaired) electrons. The third-order valence-corrected chi connectivity index (χ3v) is 4.97. The van der Waals surface area contributed by atoms with Gasteiger partial charge >= 0.3 is 0 Å². The van der Waals surface area contributed by atoms with Crippen LogP contribution in [0.4, 0.5) is 0 Å². The fourth-order valence-corrected chi connectivity index (χ4v) is 3.53. The van der Waals surface area contributed by atoms with Crippen molar-refractivity contribution in [3.8, 4) is 11.4 Å². The molecule has 4 rings (SSSR count). The summed E-state index contributed by atoms with van der Waals surface area (Å²) in [6, 6.07) is 15.2. The topological polar surface area (TPSA) is 43.1 Å². The van der Waals surface area contributed by atoms with E-state index < -0.39 is 0 Å². The summed E-state index contributed by atoms with van der Waals surface area (Å²) in [4.78, 5) is 0. The fraction of sp³-hybridized carbons (Fsp3) is 0.0625. The summed E-state index contributed by atoms with van der Waals surface area (Å²) in [5.41, 5.74) is 2.75. The van der Waals surface area contributed by atoms with Gasteiger partial charge in [0.2, 0.25) is 5.16 Å². The SMILES string of the molecule is Clc1ccc(-c2nnc3n2N=C(c2ccccc2Cl)CS3)cc1. The molecule has 0 aliphatic carbocycles. The molecule has 3 aromatic rings. The van der Waals surface area contributed by atoms with Gasteiger partial charge in [0.05, 0.1) is 5.71 Å². The molecule has 2 aromatic carbocycles. The zero-order valence-electron chi connectivity index (χ0n) is 11.8. The first-order valence-corrected chi connectivity index (χ1v) is 8.63. The highest BCUT2D eigenvalue weighted by atomic mass is 35.5. The number of benzene rings is 2. The third kappa shape index (κ3) is 2.76. The van der Waals surface area contributed by atoms with Crippen molar-refractivity contribution in [3.63, 3.8) is 0 Å². The Bertz CT molecular complexity index is 903. The largest absolute Gasteiger partial charge is 0.212 e. The Morgan fingerprint density at radius 1 is 0.957 bits per heavy atom. The minimum Gasteiger partial charge on any atom is -0.187 e. The highest BCUT2D eigenvalue weighted by Crippen LogP contribution is 2.30. The molecule has 114 valence electrons. The molecule has 0 atom stereocenters. The van der Waals surface area contributed by atoms with E-state index in [1.165, 1.54) is 0 Å². The van der Waals surface area contributed by atoms with Gasteiger partial charge in [-0.1, -0.05) is 53.2 Å². The van der Waals surface area contributed by atoms with Gasteiger partial charge in [-0.15, -0.1) is 10.2 Å². The minimum atomic E-state index is 0.682. The van der Waals surface area contributed by atoms with Gasteiger partial charge in [-0.05, 0) is 30.3 Å². The van der Waals surface area contributed by atoms with Crippen molar-refractivity contribution in [1.29, 1.82) is 0 Å².